The Labute approximate surface area is 129 Å². The Hall–Kier alpha value is -0.380. The van der Waals surface area contributed by atoms with Crippen molar-refractivity contribution in [1.82, 2.24) is 4.72 Å². The lowest BCUT2D eigenvalue weighted by Gasteiger charge is -2.12. The summed E-state index contributed by atoms with van der Waals surface area (Å²) in [7, 11) is -3.78. The van der Waals surface area contributed by atoms with E-state index in [-0.39, 0.29) is 20.1 Å². The van der Waals surface area contributed by atoms with Crippen molar-refractivity contribution in [2.24, 2.45) is 0 Å². The first-order valence-electron chi connectivity index (χ1n) is 5.62. The van der Waals surface area contributed by atoms with Crippen LogP contribution < -0.4 is 4.72 Å². The van der Waals surface area contributed by atoms with Crippen molar-refractivity contribution >= 4 is 50.5 Å². The largest absolute Gasteiger partial charge is 0.479 e. The molecule has 2 rings (SSSR count). The molecule has 1 aromatic rings. The van der Waals surface area contributed by atoms with E-state index < -0.39 is 28.2 Å². The molecule has 1 aliphatic heterocycles. The van der Waals surface area contributed by atoms with Crippen molar-refractivity contribution in [2.75, 3.05) is 6.54 Å². The first-order valence-corrected chi connectivity index (χ1v) is 8.68. The summed E-state index contributed by atoms with van der Waals surface area (Å²) in [5, 5.41) is 8.78. The van der Waals surface area contributed by atoms with Crippen molar-refractivity contribution in [3.8, 4) is 0 Å². The van der Waals surface area contributed by atoms with Gasteiger partial charge in [0.25, 0.3) is 0 Å². The van der Waals surface area contributed by atoms with Gasteiger partial charge in [-0.3, -0.25) is 0 Å². The maximum absolute atomic E-state index is 12.0. The molecule has 112 valence electrons. The highest BCUT2D eigenvalue weighted by atomic mass is 35.5. The third-order valence-electron chi connectivity index (χ3n) is 2.80. The normalized spacial score (nSPS) is 23.1. The van der Waals surface area contributed by atoms with Crippen LogP contribution >= 0.6 is 34.5 Å². The molecule has 0 spiro atoms. The fraction of sp³-hybridized carbons (Fsp3) is 0.500. The number of halogens is 2. The van der Waals surface area contributed by atoms with Gasteiger partial charge in [0.2, 0.25) is 10.0 Å². The zero-order valence-corrected chi connectivity index (χ0v) is 13.2. The van der Waals surface area contributed by atoms with Gasteiger partial charge in [0.15, 0.2) is 6.10 Å². The number of rotatable bonds is 5. The highest BCUT2D eigenvalue weighted by Gasteiger charge is 2.31. The number of ether oxygens (including phenoxy) is 1. The van der Waals surface area contributed by atoms with Gasteiger partial charge in [-0.25, -0.2) is 17.9 Å². The Morgan fingerprint density at radius 3 is 2.70 bits per heavy atom. The molecule has 1 fully saturated rings. The second kappa shape index (κ2) is 6.17. The smallest absolute Gasteiger partial charge is 0.332 e. The van der Waals surface area contributed by atoms with E-state index in [0.29, 0.717) is 12.8 Å². The van der Waals surface area contributed by atoms with Crippen LogP contribution in [0.5, 0.6) is 0 Å². The van der Waals surface area contributed by atoms with Crippen molar-refractivity contribution in [1.29, 1.82) is 0 Å². The molecule has 0 aliphatic carbocycles. The first kappa shape index (κ1) is 16.0. The van der Waals surface area contributed by atoms with Gasteiger partial charge in [-0.05, 0) is 18.9 Å². The van der Waals surface area contributed by atoms with E-state index >= 15 is 0 Å². The predicted molar refractivity (Wildman–Crippen MR) is 75.1 cm³/mol. The van der Waals surface area contributed by atoms with Gasteiger partial charge in [0.05, 0.1) is 10.4 Å². The van der Waals surface area contributed by atoms with Crippen LogP contribution in [0.3, 0.4) is 0 Å². The summed E-state index contributed by atoms with van der Waals surface area (Å²) in [5.74, 6) is -1.04. The molecule has 0 radical (unpaired) electrons. The number of hydrogen-bond donors (Lipinski definition) is 2. The minimum absolute atomic E-state index is 0.00406. The number of hydrogen-bond acceptors (Lipinski definition) is 5. The van der Waals surface area contributed by atoms with E-state index in [2.05, 4.69) is 4.72 Å². The minimum atomic E-state index is -3.78. The van der Waals surface area contributed by atoms with Crippen LogP contribution in [0.4, 0.5) is 0 Å². The number of carboxylic acids is 1. The molecule has 0 saturated carbocycles. The molecule has 1 aromatic heterocycles. The summed E-state index contributed by atoms with van der Waals surface area (Å²) < 4.78 is 32.0. The molecule has 1 saturated heterocycles. The van der Waals surface area contributed by atoms with Gasteiger partial charge < -0.3 is 9.84 Å². The molecule has 2 N–H and O–H groups in total. The van der Waals surface area contributed by atoms with Gasteiger partial charge in [0, 0.05) is 6.54 Å². The number of thiophene rings is 1. The average molecular weight is 360 g/mol. The maximum atomic E-state index is 12.0. The highest BCUT2D eigenvalue weighted by molar-refractivity contribution is 7.89. The van der Waals surface area contributed by atoms with Crippen LogP contribution in [0.1, 0.15) is 12.8 Å². The lowest BCUT2D eigenvalue weighted by molar-refractivity contribution is -0.149. The molecule has 2 unspecified atom stereocenters. The summed E-state index contributed by atoms with van der Waals surface area (Å²) in [4.78, 5) is 10.6. The Morgan fingerprint density at radius 1 is 1.50 bits per heavy atom. The van der Waals surface area contributed by atoms with E-state index in [1.165, 1.54) is 6.07 Å². The fourth-order valence-electron chi connectivity index (χ4n) is 1.83. The third-order valence-corrected chi connectivity index (χ3v) is 5.98. The van der Waals surface area contributed by atoms with Crippen LogP contribution in [-0.2, 0) is 19.6 Å². The topological polar surface area (TPSA) is 92.7 Å². The fourth-order valence-corrected chi connectivity index (χ4v) is 5.04. The monoisotopic (exact) mass is 359 g/mol. The molecule has 2 atom stereocenters. The SMILES string of the molecule is O=C(O)C1CCC(CNS(=O)(=O)c2cc(Cl)sc2Cl)O1. The molecule has 0 amide bonds. The summed E-state index contributed by atoms with van der Waals surface area (Å²) in [6.45, 7) is -0.00406. The van der Waals surface area contributed by atoms with E-state index in [0.717, 1.165) is 11.3 Å². The predicted octanol–water partition coefficient (Wildman–Crippen LogP) is 1.97. The summed E-state index contributed by atoms with van der Waals surface area (Å²) >= 11 is 12.5. The van der Waals surface area contributed by atoms with Crippen LogP contribution in [-0.4, -0.2) is 38.2 Å². The zero-order chi connectivity index (χ0) is 14.9. The molecule has 20 heavy (non-hydrogen) atoms. The molecule has 2 heterocycles. The van der Waals surface area contributed by atoms with E-state index in [1.807, 2.05) is 0 Å². The van der Waals surface area contributed by atoms with Crippen LogP contribution in [0.15, 0.2) is 11.0 Å². The molecular formula is C10H11Cl2NO5S2. The molecule has 6 nitrogen and oxygen atoms in total. The van der Waals surface area contributed by atoms with Crippen LogP contribution in [0, 0.1) is 0 Å². The average Bonchev–Trinajstić information content (AvgIpc) is 2.93. The van der Waals surface area contributed by atoms with Crippen molar-refractivity contribution in [3.05, 3.63) is 14.7 Å². The van der Waals surface area contributed by atoms with Crippen LogP contribution in [0.2, 0.25) is 8.67 Å². The molecule has 1 aliphatic rings. The number of nitrogens with one attached hydrogen (secondary N) is 1. The van der Waals surface area contributed by atoms with Crippen molar-refractivity contribution < 1.29 is 23.1 Å². The number of sulfonamides is 1. The molecule has 0 aromatic carbocycles. The van der Waals surface area contributed by atoms with Gasteiger partial charge in [0.1, 0.15) is 9.23 Å². The number of carbonyl (C=O) groups is 1. The summed E-state index contributed by atoms with van der Waals surface area (Å²) in [6.07, 6.45) is -0.480. The van der Waals surface area contributed by atoms with Gasteiger partial charge in [-0.1, -0.05) is 23.2 Å². The lowest BCUT2D eigenvalue weighted by Crippen LogP contribution is -2.33. The second-order valence-electron chi connectivity index (χ2n) is 4.20. The Morgan fingerprint density at radius 2 is 2.20 bits per heavy atom. The minimum Gasteiger partial charge on any atom is -0.479 e. The molecular weight excluding hydrogens is 349 g/mol. The summed E-state index contributed by atoms with van der Waals surface area (Å²) in [5.41, 5.74) is 0. The summed E-state index contributed by atoms with van der Waals surface area (Å²) in [6, 6.07) is 1.27. The molecule has 0 bridgehead atoms. The van der Waals surface area contributed by atoms with E-state index in [4.69, 9.17) is 33.0 Å². The highest BCUT2D eigenvalue weighted by Crippen LogP contribution is 2.34. The quantitative estimate of drug-likeness (QED) is 0.838. The van der Waals surface area contributed by atoms with Gasteiger partial charge >= 0.3 is 5.97 Å². The standard InChI is InChI=1S/C10H11Cl2NO5S2/c11-8-3-7(9(12)19-8)20(16,17)13-4-5-1-2-6(18-5)10(14)15/h3,5-6,13H,1-2,4H2,(H,14,15). The van der Waals surface area contributed by atoms with Gasteiger partial charge in [-0.15, -0.1) is 11.3 Å². The van der Waals surface area contributed by atoms with E-state index in [1.54, 1.807) is 0 Å². The molecule has 10 heteroatoms. The Balaban J connectivity index is 1.97. The van der Waals surface area contributed by atoms with E-state index in [9.17, 15) is 13.2 Å². The van der Waals surface area contributed by atoms with Gasteiger partial charge in [-0.2, -0.15) is 0 Å². The Kier molecular flexibility index (Phi) is 4.93. The number of aliphatic carboxylic acids is 1. The second-order valence-corrected chi connectivity index (χ2v) is 8.22. The lowest BCUT2D eigenvalue weighted by atomic mass is 10.2. The van der Waals surface area contributed by atoms with Crippen molar-refractivity contribution in [2.45, 2.75) is 29.9 Å². The third kappa shape index (κ3) is 3.63. The maximum Gasteiger partial charge on any atom is 0.332 e. The zero-order valence-electron chi connectivity index (χ0n) is 10.0. The number of carboxylic acid groups (broad SMARTS) is 1. The van der Waals surface area contributed by atoms with Crippen LogP contribution in [0.25, 0.3) is 0 Å². The Bertz CT molecular complexity index is 615. The van der Waals surface area contributed by atoms with Crippen molar-refractivity contribution in [3.63, 3.8) is 0 Å². The first-order chi connectivity index (χ1) is 9.29.